The summed E-state index contributed by atoms with van der Waals surface area (Å²) in [5.41, 5.74) is 2.00. The number of aliphatic carboxylic acids is 1. The highest BCUT2D eigenvalue weighted by molar-refractivity contribution is 5.85. The summed E-state index contributed by atoms with van der Waals surface area (Å²) in [5.74, 6) is -0.277. The lowest BCUT2D eigenvalue weighted by molar-refractivity contribution is -0.148. The third-order valence-electron chi connectivity index (χ3n) is 4.31. The van der Waals surface area contributed by atoms with Crippen LogP contribution in [0.2, 0.25) is 0 Å². The predicted octanol–water partition coefficient (Wildman–Crippen LogP) is 0.864. The number of methoxy groups -OCH3 is 1. The molecule has 0 spiro atoms. The van der Waals surface area contributed by atoms with Gasteiger partial charge in [-0.1, -0.05) is 12.1 Å². The maximum Gasteiger partial charge on any atom is 0.326 e. The zero-order valence-corrected chi connectivity index (χ0v) is 12.4. The topological polar surface area (TPSA) is 76.1 Å². The van der Waals surface area contributed by atoms with E-state index in [0.29, 0.717) is 19.6 Å². The number of carboxylic acids is 1. The Morgan fingerprint density at radius 1 is 1.45 bits per heavy atom. The Balaban J connectivity index is 1.72. The Kier molecular flexibility index (Phi) is 4.02. The van der Waals surface area contributed by atoms with Crippen molar-refractivity contribution in [2.24, 2.45) is 0 Å². The van der Waals surface area contributed by atoms with Gasteiger partial charge in [0.05, 0.1) is 19.1 Å². The molecule has 1 amide bonds. The molecular weight excluding hydrogens is 286 g/mol. The van der Waals surface area contributed by atoms with Gasteiger partial charge in [0.1, 0.15) is 11.8 Å². The van der Waals surface area contributed by atoms with Crippen molar-refractivity contribution in [3.8, 4) is 5.75 Å². The van der Waals surface area contributed by atoms with Gasteiger partial charge < -0.3 is 19.5 Å². The number of carbonyl (C=O) groups is 2. The van der Waals surface area contributed by atoms with Crippen LogP contribution in [0.5, 0.6) is 5.75 Å². The second-order valence-electron chi connectivity index (χ2n) is 5.71. The molecule has 2 heterocycles. The second-order valence-corrected chi connectivity index (χ2v) is 5.71. The molecule has 2 aliphatic rings. The van der Waals surface area contributed by atoms with E-state index in [2.05, 4.69) is 0 Å². The summed E-state index contributed by atoms with van der Waals surface area (Å²) in [6.45, 7) is 1.01. The first-order valence-electron chi connectivity index (χ1n) is 7.38. The average molecular weight is 305 g/mol. The Hall–Kier alpha value is -2.08. The summed E-state index contributed by atoms with van der Waals surface area (Å²) in [7, 11) is 1.54. The Morgan fingerprint density at radius 3 is 3.00 bits per heavy atom. The summed E-state index contributed by atoms with van der Waals surface area (Å²) in [5, 5.41) is 9.27. The van der Waals surface area contributed by atoms with Gasteiger partial charge in [-0.2, -0.15) is 0 Å². The first-order chi connectivity index (χ1) is 10.6. The first-order valence-corrected chi connectivity index (χ1v) is 7.38. The Morgan fingerprint density at radius 2 is 2.27 bits per heavy atom. The number of nitrogens with zero attached hydrogens (tertiary/aromatic N) is 1. The highest BCUT2D eigenvalue weighted by Gasteiger charge is 2.39. The van der Waals surface area contributed by atoms with Crippen LogP contribution in [0.3, 0.4) is 0 Å². The summed E-state index contributed by atoms with van der Waals surface area (Å²) < 4.78 is 10.7. The minimum Gasteiger partial charge on any atom is -0.493 e. The molecule has 0 aromatic heterocycles. The van der Waals surface area contributed by atoms with Crippen molar-refractivity contribution in [3.63, 3.8) is 0 Å². The van der Waals surface area contributed by atoms with Crippen LogP contribution in [-0.4, -0.2) is 54.3 Å². The average Bonchev–Trinajstić information content (AvgIpc) is 3.13. The van der Waals surface area contributed by atoms with Crippen molar-refractivity contribution in [2.75, 3.05) is 20.3 Å². The number of benzene rings is 1. The van der Waals surface area contributed by atoms with E-state index in [0.717, 1.165) is 23.3 Å². The van der Waals surface area contributed by atoms with E-state index in [4.69, 9.17) is 9.47 Å². The molecule has 1 aromatic rings. The molecule has 0 bridgehead atoms. The van der Waals surface area contributed by atoms with E-state index < -0.39 is 12.0 Å². The minimum atomic E-state index is -0.977. The third-order valence-corrected chi connectivity index (χ3v) is 4.31. The maximum absolute atomic E-state index is 12.5. The Labute approximate surface area is 128 Å². The number of likely N-dealkylation sites (tertiary alicyclic amines) is 1. The van der Waals surface area contributed by atoms with Crippen molar-refractivity contribution in [3.05, 3.63) is 29.3 Å². The lowest BCUT2D eigenvalue weighted by Gasteiger charge is -2.21. The lowest BCUT2D eigenvalue weighted by atomic mass is 10.1. The van der Waals surface area contributed by atoms with Crippen LogP contribution in [0.25, 0.3) is 0 Å². The molecular formula is C16H19NO5. The fraction of sp³-hybridized carbons (Fsp3) is 0.500. The molecule has 2 unspecified atom stereocenters. The molecule has 0 aliphatic carbocycles. The minimum absolute atomic E-state index is 0.175. The van der Waals surface area contributed by atoms with Gasteiger partial charge in [-0.15, -0.1) is 0 Å². The molecule has 2 atom stereocenters. The molecule has 1 N–H and O–H groups in total. The van der Waals surface area contributed by atoms with E-state index in [1.807, 2.05) is 18.2 Å². The quantitative estimate of drug-likeness (QED) is 0.893. The standard InChI is InChI=1S/C16H19NO5/c1-21-12-8-13(16(19)20)17(9-12)15(18)7-10-2-3-14-11(6-10)4-5-22-14/h2-3,6,12-13H,4-5,7-9H2,1H3,(H,19,20). The molecule has 118 valence electrons. The van der Waals surface area contributed by atoms with Crippen LogP contribution < -0.4 is 4.74 Å². The molecule has 1 fully saturated rings. The highest BCUT2D eigenvalue weighted by atomic mass is 16.5. The van der Waals surface area contributed by atoms with Crippen LogP contribution >= 0.6 is 0 Å². The van der Waals surface area contributed by atoms with Crippen molar-refractivity contribution in [1.29, 1.82) is 0 Å². The van der Waals surface area contributed by atoms with E-state index >= 15 is 0 Å². The van der Waals surface area contributed by atoms with Gasteiger partial charge in [0.15, 0.2) is 0 Å². The van der Waals surface area contributed by atoms with Crippen molar-refractivity contribution >= 4 is 11.9 Å². The first kappa shape index (κ1) is 14.8. The van der Waals surface area contributed by atoms with Gasteiger partial charge >= 0.3 is 5.97 Å². The molecule has 22 heavy (non-hydrogen) atoms. The van der Waals surface area contributed by atoms with Gasteiger partial charge in [-0.25, -0.2) is 4.79 Å². The van der Waals surface area contributed by atoms with Gasteiger partial charge in [0, 0.05) is 26.5 Å². The number of hydrogen-bond acceptors (Lipinski definition) is 4. The number of amides is 1. The number of carboxylic acid groups (broad SMARTS) is 1. The summed E-state index contributed by atoms with van der Waals surface area (Å²) in [6, 6.07) is 4.92. The van der Waals surface area contributed by atoms with Gasteiger partial charge in [0.25, 0.3) is 0 Å². The van der Waals surface area contributed by atoms with Crippen molar-refractivity contribution in [1.82, 2.24) is 4.90 Å². The molecule has 0 saturated carbocycles. The van der Waals surface area contributed by atoms with E-state index in [1.54, 1.807) is 0 Å². The summed E-state index contributed by atoms with van der Waals surface area (Å²) in [6.07, 6.45) is 1.19. The molecule has 1 saturated heterocycles. The fourth-order valence-corrected chi connectivity index (χ4v) is 3.10. The van der Waals surface area contributed by atoms with Crippen LogP contribution in [0.1, 0.15) is 17.5 Å². The number of fused-ring (bicyclic) bond motifs is 1. The van der Waals surface area contributed by atoms with Crippen LogP contribution in [-0.2, 0) is 27.2 Å². The number of ether oxygens (including phenoxy) is 2. The van der Waals surface area contributed by atoms with Gasteiger partial charge in [-0.05, 0) is 17.2 Å². The largest absolute Gasteiger partial charge is 0.493 e. The third kappa shape index (κ3) is 2.78. The molecule has 6 heteroatoms. The van der Waals surface area contributed by atoms with Crippen LogP contribution in [0.4, 0.5) is 0 Å². The molecule has 1 aromatic carbocycles. The van der Waals surface area contributed by atoms with E-state index in [1.165, 1.54) is 12.0 Å². The maximum atomic E-state index is 12.5. The van der Waals surface area contributed by atoms with Crippen LogP contribution in [0.15, 0.2) is 18.2 Å². The summed E-state index contributed by atoms with van der Waals surface area (Å²) >= 11 is 0. The van der Waals surface area contributed by atoms with Crippen molar-refractivity contribution in [2.45, 2.75) is 31.4 Å². The number of hydrogen-bond donors (Lipinski definition) is 1. The monoisotopic (exact) mass is 305 g/mol. The number of carbonyl (C=O) groups excluding carboxylic acids is 1. The SMILES string of the molecule is COC1CC(C(=O)O)N(C(=O)Cc2ccc3c(c2)CCO3)C1. The summed E-state index contributed by atoms with van der Waals surface area (Å²) in [4.78, 5) is 25.2. The van der Waals surface area contributed by atoms with Gasteiger partial charge in [0.2, 0.25) is 5.91 Å². The van der Waals surface area contributed by atoms with E-state index in [-0.39, 0.29) is 18.4 Å². The van der Waals surface area contributed by atoms with Crippen LogP contribution in [0, 0.1) is 0 Å². The second kappa shape index (κ2) is 5.96. The van der Waals surface area contributed by atoms with Crippen molar-refractivity contribution < 1.29 is 24.2 Å². The predicted molar refractivity (Wildman–Crippen MR) is 77.9 cm³/mol. The molecule has 6 nitrogen and oxygen atoms in total. The molecule has 2 aliphatic heterocycles. The zero-order chi connectivity index (χ0) is 15.7. The Bertz CT molecular complexity index is 600. The normalized spacial score (nSPS) is 23.2. The fourth-order valence-electron chi connectivity index (χ4n) is 3.10. The molecule has 3 rings (SSSR count). The van der Waals surface area contributed by atoms with E-state index in [9.17, 15) is 14.7 Å². The number of rotatable bonds is 4. The smallest absolute Gasteiger partial charge is 0.326 e. The van der Waals surface area contributed by atoms with Gasteiger partial charge in [-0.3, -0.25) is 4.79 Å². The lowest BCUT2D eigenvalue weighted by Crippen LogP contribution is -2.41. The molecule has 0 radical (unpaired) electrons. The zero-order valence-electron chi connectivity index (χ0n) is 12.4. The highest BCUT2D eigenvalue weighted by Crippen LogP contribution is 2.27.